The molecule has 1 N–H and O–H groups in total. The Morgan fingerprint density at radius 2 is 1.93 bits per heavy atom. The molecule has 0 unspecified atom stereocenters. The number of ether oxygens (including phenoxy) is 3. The van der Waals surface area contributed by atoms with Crippen molar-refractivity contribution in [1.82, 2.24) is 4.98 Å². The van der Waals surface area contributed by atoms with Crippen LogP contribution < -0.4 is 19.5 Å². The number of nitrogens with one attached hydrogen (secondary N) is 1. The number of carbonyl (C=O) groups excluding carboxylic acids is 1. The van der Waals surface area contributed by atoms with Crippen LogP contribution in [0.5, 0.6) is 17.2 Å². The van der Waals surface area contributed by atoms with Gasteiger partial charge in [0.05, 0.1) is 24.9 Å². The quantitative estimate of drug-likeness (QED) is 0.551. The summed E-state index contributed by atoms with van der Waals surface area (Å²) in [5.74, 6) is 1.34. The van der Waals surface area contributed by atoms with Gasteiger partial charge in [0.25, 0.3) is 5.91 Å². The third-order valence-corrected chi connectivity index (χ3v) is 4.98. The standard InChI is InChI=1S/C19H16Cl2N2O4S/c1-25-12-4-5-13(17(8-12)26-2)15-10-28-19(22-15)23-18(24)9-27-16-6-3-11(20)7-14(16)21/h3-8,10H,9H2,1-2H3,(H,22,23,24). The summed E-state index contributed by atoms with van der Waals surface area (Å²) in [5.41, 5.74) is 1.48. The molecule has 0 spiro atoms. The maximum atomic E-state index is 12.1. The average molecular weight is 439 g/mol. The number of halogens is 2. The minimum Gasteiger partial charge on any atom is -0.497 e. The summed E-state index contributed by atoms with van der Waals surface area (Å²) < 4.78 is 16.0. The SMILES string of the molecule is COc1ccc(-c2csc(NC(=O)COc3ccc(Cl)cc3Cl)n2)c(OC)c1. The Kier molecular flexibility index (Phi) is 6.61. The first-order chi connectivity index (χ1) is 13.5. The molecule has 3 aromatic rings. The summed E-state index contributed by atoms with van der Waals surface area (Å²) in [6, 6.07) is 10.2. The number of anilines is 1. The van der Waals surface area contributed by atoms with Crippen LogP contribution in [0.4, 0.5) is 5.13 Å². The van der Waals surface area contributed by atoms with Gasteiger partial charge in [0.15, 0.2) is 11.7 Å². The van der Waals surface area contributed by atoms with Crippen LogP contribution in [0, 0.1) is 0 Å². The maximum Gasteiger partial charge on any atom is 0.264 e. The van der Waals surface area contributed by atoms with E-state index in [4.69, 9.17) is 37.4 Å². The first-order valence-electron chi connectivity index (χ1n) is 8.05. The molecular weight excluding hydrogens is 423 g/mol. The number of hydrogen-bond acceptors (Lipinski definition) is 6. The predicted octanol–water partition coefficient (Wildman–Crippen LogP) is 5.15. The Bertz CT molecular complexity index is 994. The zero-order valence-electron chi connectivity index (χ0n) is 15.0. The van der Waals surface area contributed by atoms with Gasteiger partial charge in [-0.3, -0.25) is 10.1 Å². The van der Waals surface area contributed by atoms with E-state index >= 15 is 0 Å². The number of methoxy groups -OCH3 is 2. The number of benzene rings is 2. The van der Waals surface area contributed by atoms with Crippen LogP contribution in [0.15, 0.2) is 41.8 Å². The molecule has 0 atom stereocenters. The molecule has 0 fully saturated rings. The molecule has 0 aliphatic heterocycles. The van der Waals surface area contributed by atoms with Gasteiger partial charge in [-0.1, -0.05) is 23.2 Å². The fraction of sp³-hybridized carbons (Fsp3) is 0.158. The number of rotatable bonds is 7. The van der Waals surface area contributed by atoms with Crippen molar-refractivity contribution >= 4 is 45.6 Å². The number of aromatic nitrogens is 1. The van der Waals surface area contributed by atoms with E-state index < -0.39 is 0 Å². The normalized spacial score (nSPS) is 10.4. The molecular formula is C19H16Cl2N2O4S. The summed E-state index contributed by atoms with van der Waals surface area (Å²) >= 11 is 13.2. The molecule has 0 bridgehead atoms. The second-order valence-corrected chi connectivity index (χ2v) is 7.22. The van der Waals surface area contributed by atoms with Crippen LogP contribution in [-0.4, -0.2) is 31.7 Å². The molecule has 0 aliphatic rings. The van der Waals surface area contributed by atoms with Crippen LogP contribution in [0.25, 0.3) is 11.3 Å². The lowest BCUT2D eigenvalue weighted by atomic mass is 10.1. The minimum atomic E-state index is -0.353. The highest BCUT2D eigenvalue weighted by Crippen LogP contribution is 2.35. The van der Waals surface area contributed by atoms with Crippen LogP contribution >= 0.6 is 34.5 Å². The molecule has 1 aromatic heterocycles. The van der Waals surface area contributed by atoms with Crippen molar-refractivity contribution in [2.45, 2.75) is 0 Å². The van der Waals surface area contributed by atoms with Crippen molar-refractivity contribution < 1.29 is 19.0 Å². The van der Waals surface area contributed by atoms with E-state index in [1.807, 2.05) is 17.5 Å². The topological polar surface area (TPSA) is 69.7 Å². The molecule has 9 heteroatoms. The van der Waals surface area contributed by atoms with Gasteiger partial charge < -0.3 is 14.2 Å². The third-order valence-electron chi connectivity index (χ3n) is 3.69. The predicted molar refractivity (Wildman–Crippen MR) is 111 cm³/mol. The van der Waals surface area contributed by atoms with Crippen molar-refractivity contribution in [3.63, 3.8) is 0 Å². The number of hydrogen-bond donors (Lipinski definition) is 1. The van der Waals surface area contributed by atoms with Crippen LogP contribution in [0.2, 0.25) is 10.0 Å². The Balaban J connectivity index is 1.65. The lowest BCUT2D eigenvalue weighted by Gasteiger charge is -2.08. The monoisotopic (exact) mass is 438 g/mol. The second-order valence-electron chi connectivity index (χ2n) is 5.52. The number of nitrogens with zero attached hydrogens (tertiary/aromatic N) is 1. The molecule has 0 radical (unpaired) electrons. The largest absolute Gasteiger partial charge is 0.497 e. The molecule has 28 heavy (non-hydrogen) atoms. The molecule has 2 aromatic carbocycles. The highest BCUT2D eigenvalue weighted by molar-refractivity contribution is 7.14. The van der Waals surface area contributed by atoms with E-state index in [0.29, 0.717) is 38.1 Å². The van der Waals surface area contributed by atoms with Gasteiger partial charge in [0.1, 0.15) is 17.2 Å². The Morgan fingerprint density at radius 3 is 2.64 bits per heavy atom. The van der Waals surface area contributed by atoms with E-state index in [9.17, 15) is 4.79 Å². The molecule has 0 saturated heterocycles. The van der Waals surface area contributed by atoms with E-state index in [1.165, 1.54) is 11.3 Å². The van der Waals surface area contributed by atoms with Crippen molar-refractivity contribution in [1.29, 1.82) is 0 Å². The number of thiazole rings is 1. The van der Waals surface area contributed by atoms with E-state index in [0.717, 1.165) is 5.56 Å². The zero-order valence-corrected chi connectivity index (χ0v) is 17.3. The van der Waals surface area contributed by atoms with Crippen molar-refractivity contribution in [3.8, 4) is 28.5 Å². The van der Waals surface area contributed by atoms with Gasteiger partial charge in [-0.15, -0.1) is 11.3 Å². The Morgan fingerprint density at radius 1 is 1.11 bits per heavy atom. The van der Waals surface area contributed by atoms with Gasteiger partial charge in [-0.05, 0) is 30.3 Å². The summed E-state index contributed by atoms with van der Waals surface area (Å²) in [4.78, 5) is 16.6. The third kappa shape index (κ3) is 4.86. The van der Waals surface area contributed by atoms with E-state index in [-0.39, 0.29) is 12.5 Å². The Hall–Kier alpha value is -2.48. The van der Waals surface area contributed by atoms with Crippen LogP contribution in [0.3, 0.4) is 0 Å². The first-order valence-corrected chi connectivity index (χ1v) is 9.69. The molecule has 3 rings (SSSR count). The summed E-state index contributed by atoms with van der Waals surface area (Å²) in [5, 5.41) is 5.81. The molecule has 0 aliphatic carbocycles. The second kappa shape index (κ2) is 9.14. The van der Waals surface area contributed by atoms with Gasteiger partial charge in [0.2, 0.25) is 0 Å². The fourth-order valence-electron chi connectivity index (χ4n) is 2.36. The zero-order chi connectivity index (χ0) is 20.1. The van der Waals surface area contributed by atoms with Crippen LogP contribution in [0.1, 0.15) is 0 Å². The summed E-state index contributed by atoms with van der Waals surface area (Å²) in [6.07, 6.45) is 0. The number of carbonyl (C=O) groups is 1. The van der Waals surface area contributed by atoms with Gasteiger partial charge in [-0.25, -0.2) is 4.98 Å². The maximum absolute atomic E-state index is 12.1. The fourth-order valence-corrected chi connectivity index (χ4v) is 3.55. The van der Waals surface area contributed by atoms with Gasteiger partial charge in [-0.2, -0.15) is 0 Å². The van der Waals surface area contributed by atoms with E-state index in [1.54, 1.807) is 38.5 Å². The molecule has 146 valence electrons. The lowest BCUT2D eigenvalue weighted by molar-refractivity contribution is -0.118. The van der Waals surface area contributed by atoms with Crippen molar-refractivity contribution in [3.05, 3.63) is 51.8 Å². The summed E-state index contributed by atoms with van der Waals surface area (Å²) in [7, 11) is 3.16. The van der Waals surface area contributed by atoms with Gasteiger partial charge >= 0.3 is 0 Å². The molecule has 1 heterocycles. The summed E-state index contributed by atoms with van der Waals surface area (Å²) in [6.45, 7) is -0.206. The van der Waals surface area contributed by atoms with E-state index in [2.05, 4.69) is 10.3 Å². The van der Waals surface area contributed by atoms with Crippen molar-refractivity contribution in [2.24, 2.45) is 0 Å². The lowest BCUT2D eigenvalue weighted by Crippen LogP contribution is -2.20. The van der Waals surface area contributed by atoms with Crippen molar-refractivity contribution in [2.75, 3.05) is 26.1 Å². The number of amides is 1. The highest BCUT2D eigenvalue weighted by atomic mass is 35.5. The first kappa shape index (κ1) is 20.3. The Labute approximate surface area is 176 Å². The van der Waals surface area contributed by atoms with Gasteiger partial charge in [0, 0.05) is 22.0 Å². The minimum absolute atomic E-state index is 0.206. The highest BCUT2D eigenvalue weighted by Gasteiger charge is 2.13. The smallest absolute Gasteiger partial charge is 0.264 e. The average Bonchev–Trinajstić information content (AvgIpc) is 3.14. The molecule has 6 nitrogen and oxygen atoms in total. The molecule has 1 amide bonds. The molecule has 0 saturated carbocycles. The van der Waals surface area contributed by atoms with Crippen LogP contribution in [-0.2, 0) is 4.79 Å².